The molecule has 0 unspecified atom stereocenters. The summed E-state index contributed by atoms with van der Waals surface area (Å²) in [6.45, 7) is 6.38. The van der Waals surface area contributed by atoms with Crippen molar-refractivity contribution in [3.63, 3.8) is 0 Å². The van der Waals surface area contributed by atoms with Gasteiger partial charge in [-0.15, -0.1) is 0 Å². The molecule has 0 aliphatic rings. The van der Waals surface area contributed by atoms with Gasteiger partial charge in [-0.25, -0.2) is 15.0 Å². The predicted molar refractivity (Wildman–Crippen MR) is 140 cm³/mol. The first-order valence-electron chi connectivity index (χ1n) is 11.6. The molecule has 0 aliphatic heterocycles. The molecule has 5 rings (SSSR count). The molecule has 0 saturated carbocycles. The first kappa shape index (κ1) is 21.7. The third kappa shape index (κ3) is 4.65. The molecule has 1 heterocycles. The van der Waals surface area contributed by atoms with Gasteiger partial charge in [0.05, 0.1) is 0 Å². The maximum absolute atomic E-state index is 4.83. The van der Waals surface area contributed by atoms with Crippen molar-refractivity contribution >= 4 is 0 Å². The molecule has 34 heavy (non-hydrogen) atoms. The highest BCUT2D eigenvalue weighted by Gasteiger charge is 2.21. The molecule has 0 fully saturated rings. The van der Waals surface area contributed by atoms with Crippen LogP contribution in [-0.4, -0.2) is 15.0 Å². The van der Waals surface area contributed by atoms with E-state index in [9.17, 15) is 0 Å². The molecule has 0 saturated heterocycles. The summed E-state index contributed by atoms with van der Waals surface area (Å²) in [5.74, 6) is 2.19. The second-order valence-electron chi connectivity index (χ2n) is 9.44. The summed E-state index contributed by atoms with van der Waals surface area (Å²) < 4.78 is 0. The lowest BCUT2D eigenvalue weighted by Gasteiger charge is -2.18. The van der Waals surface area contributed by atoms with Crippen LogP contribution in [0.25, 0.3) is 45.0 Å². The molecular formula is C31H27N3. The summed E-state index contributed by atoms with van der Waals surface area (Å²) in [5.41, 5.74) is 6.58. The van der Waals surface area contributed by atoms with E-state index in [2.05, 4.69) is 93.6 Å². The standard InChI is InChI=1S/C31H27N3/c1-31(2,3)30-33-28(26-12-8-5-9-13-26)32-29(34-30)27-20-18-25(19-21-27)24-16-14-23(15-17-24)22-10-6-4-7-11-22/h4-21H,1-3H3. The number of nitrogens with zero attached hydrogens (tertiary/aromatic N) is 3. The Labute approximate surface area is 201 Å². The average molecular weight is 442 g/mol. The van der Waals surface area contributed by atoms with Crippen LogP contribution < -0.4 is 0 Å². The molecule has 0 amide bonds. The second-order valence-corrected chi connectivity index (χ2v) is 9.44. The molecular weight excluding hydrogens is 414 g/mol. The zero-order chi connectivity index (χ0) is 23.5. The Morgan fingerprint density at radius 1 is 0.382 bits per heavy atom. The summed E-state index contributed by atoms with van der Waals surface area (Å²) >= 11 is 0. The lowest BCUT2D eigenvalue weighted by atomic mass is 9.95. The number of hydrogen-bond donors (Lipinski definition) is 0. The maximum Gasteiger partial charge on any atom is 0.163 e. The Hall–Kier alpha value is -4.11. The van der Waals surface area contributed by atoms with Crippen molar-refractivity contribution in [3.8, 4) is 45.0 Å². The van der Waals surface area contributed by atoms with Crippen LogP contribution in [0, 0.1) is 0 Å². The highest BCUT2D eigenvalue weighted by Crippen LogP contribution is 2.29. The number of hydrogen-bond acceptors (Lipinski definition) is 3. The van der Waals surface area contributed by atoms with Gasteiger partial charge in [0, 0.05) is 16.5 Å². The number of benzene rings is 4. The molecule has 0 aliphatic carbocycles. The Morgan fingerprint density at radius 2 is 0.706 bits per heavy atom. The first-order valence-corrected chi connectivity index (χ1v) is 11.6. The van der Waals surface area contributed by atoms with Crippen LogP contribution in [0.2, 0.25) is 0 Å². The highest BCUT2D eigenvalue weighted by molar-refractivity contribution is 5.72. The fourth-order valence-corrected chi connectivity index (χ4v) is 3.85. The van der Waals surface area contributed by atoms with E-state index < -0.39 is 0 Å². The maximum atomic E-state index is 4.83. The van der Waals surface area contributed by atoms with E-state index in [1.807, 2.05) is 36.4 Å². The van der Waals surface area contributed by atoms with Crippen LogP contribution in [0.15, 0.2) is 109 Å². The van der Waals surface area contributed by atoms with Gasteiger partial charge in [-0.1, -0.05) is 130 Å². The quantitative estimate of drug-likeness (QED) is 0.285. The summed E-state index contributed by atoms with van der Waals surface area (Å²) in [6.07, 6.45) is 0. The minimum Gasteiger partial charge on any atom is -0.212 e. The molecule has 0 spiro atoms. The van der Waals surface area contributed by atoms with Gasteiger partial charge in [0.15, 0.2) is 11.6 Å². The Morgan fingerprint density at radius 3 is 1.12 bits per heavy atom. The van der Waals surface area contributed by atoms with Gasteiger partial charge in [0.25, 0.3) is 0 Å². The molecule has 5 aromatic rings. The lowest BCUT2D eigenvalue weighted by Crippen LogP contribution is -2.18. The largest absolute Gasteiger partial charge is 0.212 e. The van der Waals surface area contributed by atoms with Gasteiger partial charge in [0.1, 0.15) is 5.82 Å². The molecule has 4 aromatic carbocycles. The Kier molecular flexibility index (Phi) is 5.77. The van der Waals surface area contributed by atoms with Crippen LogP contribution in [0.1, 0.15) is 26.6 Å². The van der Waals surface area contributed by atoms with E-state index in [-0.39, 0.29) is 5.41 Å². The molecule has 3 nitrogen and oxygen atoms in total. The third-order valence-corrected chi connectivity index (χ3v) is 5.81. The van der Waals surface area contributed by atoms with Crippen LogP contribution in [0.4, 0.5) is 0 Å². The van der Waals surface area contributed by atoms with Crippen molar-refractivity contribution in [2.45, 2.75) is 26.2 Å². The SMILES string of the molecule is CC(C)(C)c1nc(-c2ccccc2)nc(-c2ccc(-c3ccc(-c4ccccc4)cc3)cc2)n1. The Bertz CT molecular complexity index is 1380. The van der Waals surface area contributed by atoms with Crippen molar-refractivity contribution in [2.24, 2.45) is 0 Å². The van der Waals surface area contributed by atoms with E-state index in [0.29, 0.717) is 11.6 Å². The van der Waals surface area contributed by atoms with Crippen molar-refractivity contribution in [1.29, 1.82) is 0 Å². The van der Waals surface area contributed by atoms with Gasteiger partial charge in [-0.3, -0.25) is 0 Å². The number of aromatic nitrogens is 3. The van der Waals surface area contributed by atoms with E-state index in [4.69, 9.17) is 15.0 Å². The second kappa shape index (κ2) is 9.03. The van der Waals surface area contributed by atoms with Gasteiger partial charge in [0.2, 0.25) is 0 Å². The smallest absolute Gasteiger partial charge is 0.163 e. The lowest BCUT2D eigenvalue weighted by molar-refractivity contribution is 0.543. The van der Waals surface area contributed by atoms with Gasteiger partial charge in [-0.05, 0) is 22.3 Å². The van der Waals surface area contributed by atoms with Gasteiger partial charge in [-0.2, -0.15) is 0 Å². The van der Waals surface area contributed by atoms with Crippen molar-refractivity contribution in [1.82, 2.24) is 15.0 Å². The van der Waals surface area contributed by atoms with Crippen LogP contribution >= 0.6 is 0 Å². The van der Waals surface area contributed by atoms with E-state index in [1.54, 1.807) is 0 Å². The highest BCUT2D eigenvalue weighted by atomic mass is 15.0. The summed E-state index contributed by atoms with van der Waals surface area (Å²) in [6, 6.07) is 37.7. The third-order valence-electron chi connectivity index (χ3n) is 5.81. The normalized spacial score (nSPS) is 11.4. The minimum absolute atomic E-state index is 0.179. The average Bonchev–Trinajstić information content (AvgIpc) is 2.89. The van der Waals surface area contributed by atoms with Crippen molar-refractivity contribution < 1.29 is 0 Å². The van der Waals surface area contributed by atoms with Crippen molar-refractivity contribution in [2.75, 3.05) is 0 Å². The zero-order valence-corrected chi connectivity index (χ0v) is 19.7. The fourth-order valence-electron chi connectivity index (χ4n) is 3.85. The monoisotopic (exact) mass is 441 g/mol. The zero-order valence-electron chi connectivity index (χ0n) is 19.7. The summed E-state index contributed by atoms with van der Waals surface area (Å²) in [7, 11) is 0. The van der Waals surface area contributed by atoms with Crippen molar-refractivity contribution in [3.05, 3.63) is 115 Å². The van der Waals surface area contributed by atoms with E-state index >= 15 is 0 Å². The van der Waals surface area contributed by atoms with Crippen LogP contribution in [0.5, 0.6) is 0 Å². The fraction of sp³-hybridized carbons (Fsp3) is 0.129. The van der Waals surface area contributed by atoms with Crippen LogP contribution in [-0.2, 0) is 5.41 Å². The summed E-state index contributed by atoms with van der Waals surface area (Å²) in [4.78, 5) is 14.4. The molecule has 0 radical (unpaired) electrons. The van der Waals surface area contributed by atoms with E-state index in [0.717, 1.165) is 22.5 Å². The molecule has 0 N–H and O–H groups in total. The Balaban J connectivity index is 1.47. The number of rotatable bonds is 4. The molecule has 1 aromatic heterocycles. The van der Waals surface area contributed by atoms with Gasteiger partial charge < -0.3 is 0 Å². The molecule has 166 valence electrons. The van der Waals surface area contributed by atoms with Gasteiger partial charge >= 0.3 is 0 Å². The molecule has 0 atom stereocenters. The van der Waals surface area contributed by atoms with Crippen LogP contribution in [0.3, 0.4) is 0 Å². The minimum atomic E-state index is -0.179. The van der Waals surface area contributed by atoms with E-state index in [1.165, 1.54) is 16.7 Å². The topological polar surface area (TPSA) is 38.7 Å². The molecule has 0 bridgehead atoms. The predicted octanol–water partition coefficient (Wildman–Crippen LogP) is 7.84. The first-order chi connectivity index (χ1) is 16.5. The summed E-state index contributed by atoms with van der Waals surface area (Å²) in [5, 5.41) is 0. The molecule has 3 heteroatoms.